The third-order valence-corrected chi connectivity index (χ3v) is 0.614. The highest BCUT2D eigenvalue weighted by molar-refractivity contribution is 4.46. The van der Waals surface area contributed by atoms with Gasteiger partial charge in [0, 0.05) is 38.1 Å². The molecule has 1 N–H and O–H groups in total. The van der Waals surface area contributed by atoms with E-state index < -0.39 is 77.1 Å². The van der Waals surface area contributed by atoms with E-state index in [2.05, 4.69) is 5.11 Å². The van der Waals surface area contributed by atoms with Gasteiger partial charge in [0.05, 0.1) is 2.74 Å². The molecule has 0 spiro atoms. The predicted molar refractivity (Wildman–Crippen MR) is 58.9 cm³/mol. The quantitative estimate of drug-likeness (QED) is 0.551. The first-order valence-electron chi connectivity index (χ1n) is 15.9. The lowest BCUT2D eigenvalue weighted by molar-refractivity contribution is 0.282. The second kappa shape index (κ2) is 12.0. The first-order valence-corrected chi connectivity index (χ1v) is 2.95. The third-order valence-electron chi connectivity index (χ3n) is 0.614. The van der Waals surface area contributed by atoms with Gasteiger partial charge in [-0.3, -0.25) is 0 Å². The zero-order valence-electron chi connectivity index (χ0n) is 32.4. The molecule has 0 aliphatic rings. The van der Waals surface area contributed by atoms with Crippen LogP contribution in [0.1, 0.15) is 105 Å². The van der Waals surface area contributed by atoms with Crippen molar-refractivity contribution in [2.45, 2.75) is 70.6 Å². The van der Waals surface area contributed by atoms with Gasteiger partial charge in [0.15, 0.2) is 0 Å². The summed E-state index contributed by atoms with van der Waals surface area (Å²) in [5.41, 5.74) is 0. The van der Waals surface area contributed by atoms with Crippen LogP contribution < -0.4 is 0 Å². The summed E-state index contributed by atoms with van der Waals surface area (Å²) in [6, 6.07) is 0. The Labute approximate surface area is 120 Å². The molecule has 1 heteroatoms. The van der Waals surface area contributed by atoms with Crippen LogP contribution >= 0.6 is 0 Å². The Kier molecular flexibility index (Phi) is 1.18. The zero-order chi connectivity index (χ0) is 32.7. The van der Waals surface area contributed by atoms with Crippen LogP contribution in [-0.2, 0) is 0 Å². The lowest BCUT2D eigenvalue weighted by atomic mass is 10.1. The molecule has 0 saturated carbocycles. The summed E-state index contributed by atoms with van der Waals surface area (Å²) >= 11 is 0. The molecule has 0 aromatic carbocycles. The Morgan fingerprint density at radius 1 is 0.923 bits per heavy atom. The minimum Gasteiger partial charge on any atom is -0.396 e. The fourth-order valence-electron chi connectivity index (χ4n) is 0.276. The molecule has 1 nitrogen and oxygen atoms in total. The van der Waals surface area contributed by atoms with E-state index in [1.807, 2.05) is 0 Å². The van der Waals surface area contributed by atoms with Gasteiger partial charge in [-0.05, 0) is 6.37 Å². The molecule has 0 heterocycles. The molecule has 0 fully saturated rings. The van der Waals surface area contributed by atoms with Crippen LogP contribution in [0.25, 0.3) is 0 Å². The summed E-state index contributed by atoms with van der Waals surface area (Å²) in [6.45, 7) is -8.03. The lowest BCUT2D eigenvalue weighted by Gasteiger charge is -2.00. The van der Waals surface area contributed by atoms with E-state index in [0.717, 1.165) is 0 Å². The number of aliphatic hydroxyl groups is 1. The highest BCUT2D eigenvalue weighted by Crippen LogP contribution is 2.09. The van der Waals surface area contributed by atoms with Crippen molar-refractivity contribution >= 4 is 0 Å². The normalized spacial score (nSPS) is 53.2. The van der Waals surface area contributed by atoms with Crippen molar-refractivity contribution in [2.24, 2.45) is 0 Å². The average molecular weight is 212 g/mol. The first kappa shape index (κ1) is 1.29. The largest absolute Gasteiger partial charge is 0.396 e. The fourth-order valence-corrected chi connectivity index (χ4v) is 0.276. The van der Waals surface area contributed by atoms with E-state index in [4.69, 9.17) is 35.7 Å². The van der Waals surface area contributed by atoms with E-state index in [-0.39, 0.29) is 0 Å². The van der Waals surface area contributed by atoms with Crippen molar-refractivity contribution in [1.82, 2.24) is 0 Å². The molecular weight excluding hydrogens is 160 g/mol. The van der Waals surface area contributed by atoms with E-state index >= 15 is 0 Å². The SMILES string of the molecule is [2H]OC([2H])([2H])C([2H])([2H])C([2H])([2H])C([2H])([2H])C([2H])([2H])C([2H])([2H])C([2H])([2H])C([2H])([2H])C([2H])([2H])C([2H])([2H])C([2H])([2H])C([2H])([2H])[2H]. The molecule has 13 heavy (non-hydrogen) atoms. The van der Waals surface area contributed by atoms with Gasteiger partial charge in [-0.25, -0.2) is 0 Å². The minimum absolute atomic E-state index is 3.42. The Bertz CT molecular complexity index is 891. The van der Waals surface area contributed by atoms with Gasteiger partial charge in [-0.15, -0.1) is 0 Å². The van der Waals surface area contributed by atoms with Gasteiger partial charge in [0.25, 0.3) is 0 Å². The molecule has 0 bridgehead atoms. The first-order chi connectivity index (χ1) is 16.3. The van der Waals surface area contributed by atoms with Gasteiger partial charge in [-0.1, -0.05) is 64.2 Å². The van der Waals surface area contributed by atoms with Crippen LogP contribution in [0.3, 0.4) is 0 Å². The van der Waals surface area contributed by atoms with Gasteiger partial charge >= 0.3 is 0 Å². The Morgan fingerprint density at radius 3 is 2.00 bits per heavy atom. The van der Waals surface area contributed by atoms with Crippen molar-refractivity contribution in [3.8, 4) is 0 Å². The second-order valence-corrected chi connectivity index (χ2v) is 1.35. The Hall–Kier alpha value is -0.0400. The van der Waals surface area contributed by atoms with Gasteiger partial charge in [0.1, 0.15) is 0 Å². The van der Waals surface area contributed by atoms with Crippen molar-refractivity contribution < 1.29 is 39.4 Å². The summed E-state index contributed by atoms with van der Waals surface area (Å²) < 4.78 is 199. The van der Waals surface area contributed by atoms with Gasteiger partial charge < -0.3 is 5.11 Å². The van der Waals surface area contributed by atoms with Crippen LogP contribution in [0, 0.1) is 0 Å². The Balaban J connectivity index is 7.31. The maximum Gasteiger partial charge on any atom is 0.210 e. The molecule has 0 saturated heterocycles. The van der Waals surface area contributed by atoms with Gasteiger partial charge in [0.2, 0.25) is 1.43 Å². The maximum atomic E-state index is 7.98. The second-order valence-electron chi connectivity index (χ2n) is 1.35. The number of hydrogen-bond donors (Lipinski definition) is 1. The van der Waals surface area contributed by atoms with E-state index in [0.29, 0.717) is 0 Å². The molecule has 0 amide bonds. The molecule has 0 unspecified atom stereocenters. The highest BCUT2D eigenvalue weighted by Gasteiger charge is 1.91. The van der Waals surface area contributed by atoms with Crippen molar-refractivity contribution in [3.63, 3.8) is 0 Å². The summed E-state index contributed by atoms with van der Waals surface area (Å²) in [4.78, 5) is 0. The van der Waals surface area contributed by atoms with Crippen LogP contribution in [0.2, 0.25) is 0 Å². The molecular formula is C12H26O. The maximum absolute atomic E-state index is 7.98. The number of hydrogen-bond acceptors (Lipinski definition) is 1. The monoisotopic (exact) mass is 212 g/mol. The highest BCUT2D eigenvalue weighted by atomic mass is 16.2. The van der Waals surface area contributed by atoms with Crippen molar-refractivity contribution in [1.29, 1.82) is 1.43 Å². The molecule has 80 valence electrons. The van der Waals surface area contributed by atoms with Crippen molar-refractivity contribution in [2.75, 3.05) is 6.56 Å². The molecule has 0 rings (SSSR count). The van der Waals surface area contributed by atoms with Gasteiger partial charge in [-0.2, -0.15) is 0 Å². The summed E-state index contributed by atoms with van der Waals surface area (Å²) in [7, 11) is 0. The standard InChI is InChI=1S/C12H26O/c1-2-3-4-5-6-7-8-9-10-11-12-13/h13H,2-12H2,1H3/i1D3,2D2,3D2,4D2,5D2,6D2,7D2,8D2,9D2,10D2,11D2,12D2,13D. The molecule has 0 aromatic heterocycles. The lowest BCUT2D eigenvalue weighted by Crippen LogP contribution is -1.84. The van der Waals surface area contributed by atoms with Crippen LogP contribution in [0.4, 0.5) is 0 Å². The Morgan fingerprint density at radius 2 is 1.46 bits per heavy atom. The molecule has 0 atom stereocenters. The molecule has 0 radical (unpaired) electrons. The van der Waals surface area contributed by atoms with E-state index in [9.17, 15) is 0 Å². The average Bonchev–Trinajstić information content (AvgIpc) is 2.71. The molecule has 0 aliphatic carbocycles. The smallest absolute Gasteiger partial charge is 0.210 e. The number of rotatable bonds is 11. The van der Waals surface area contributed by atoms with Crippen LogP contribution in [0.15, 0.2) is 0 Å². The van der Waals surface area contributed by atoms with E-state index in [1.54, 1.807) is 0 Å². The molecule has 0 aromatic rings. The topological polar surface area (TPSA) is 20.2 Å². The van der Waals surface area contributed by atoms with Crippen LogP contribution in [-0.4, -0.2) is 13.1 Å². The molecule has 0 aliphatic heterocycles. The van der Waals surface area contributed by atoms with Crippen LogP contribution in [0.5, 0.6) is 0 Å². The summed E-state index contributed by atoms with van der Waals surface area (Å²) in [5, 5.41) is 3.42. The minimum atomic E-state index is -4.83. The fraction of sp³-hybridized carbons (Fsp3) is 1.00. The van der Waals surface area contributed by atoms with Crippen molar-refractivity contribution in [3.05, 3.63) is 0 Å². The predicted octanol–water partition coefficient (Wildman–Crippen LogP) is 3.90. The summed E-state index contributed by atoms with van der Waals surface area (Å²) in [6.07, 6.45) is -46.3. The third kappa shape index (κ3) is 12.0. The summed E-state index contributed by atoms with van der Waals surface area (Å²) in [5.74, 6) is 0. The zero-order valence-corrected chi connectivity index (χ0v) is 6.41. The van der Waals surface area contributed by atoms with E-state index in [1.165, 1.54) is 0 Å².